The second-order valence-electron chi connectivity index (χ2n) is 4.70. The molecule has 0 radical (unpaired) electrons. The number of ether oxygens (including phenoxy) is 2. The van der Waals surface area contributed by atoms with E-state index in [9.17, 15) is 22.8 Å². The smallest absolute Gasteiger partial charge is 0.262 e. The fourth-order valence-corrected chi connectivity index (χ4v) is 2.15. The lowest BCUT2D eigenvalue weighted by atomic mass is 10.2. The molecule has 0 atom stereocenters. The number of nitrogens with one attached hydrogen (secondary N) is 1. The monoisotopic (exact) mass is 373 g/mol. The fraction of sp³-hybridized carbons (Fsp3) is 0.125. The first-order chi connectivity index (χ1) is 11.9. The average molecular weight is 374 g/mol. The Labute approximate surface area is 145 Å². The van der Waals surface area contributed by atoms with Crippen molar-refractivity contribution < 1.29 is 32.2 Å². The Bertz CT molecular complexity index is 830. The van der Waals surface area contributed by atoms with E-state index in [0.717, 1.165) is 6.07 Å². The molecule has 0 spiro atoms. The van der Waals surface area contributed by atoms with Gasteiger partial charge in [-0.3, -0.25) is 9.59 Å². The highest BCUT2D eigenvalue weighted by molar-refractivity contribution is 6.31. The first-order valence-corrected chi connectivity index (χ1v) is 7.14. The van der Waals surface area contributed by atoms with Crippen molar-refractivity contribution in [3.05, 3.63) is 52.3 Å². The van der Waals surface area contributed by atoms with E-state index in [-0.39, 0.29) is 22.1 Å². The van der Waals surface area contributed by atoms with Crippen molar-refractivity contribution in [1.82, 2.24) is 0 Å². The van der Waals surface area contributed by atoms with Gasteiger partial charge in [0.1, 0.15) is 0 Å². The van der Waals surface area contributed by atoms with Crippen LogP contribution in [-0.4, -0.2) is 25.9 Å². The number of hydrogen-bond donors (Lipinski definition) is 1. The zero-order chi connectivity index (χ0) is 18.6. The van der Waals surface area contributed by atoms with Crippen LogP contribution in [0.4, 0.5) is 18.9 Å². The average Bonchev–Trinajstić information content (AvgIpc) is 2.60. The first-order valence-electron chi connectivity index (χ1n) is 6.76. The number of carbonyl (C=O) groups is 2. The van der Waals surface area contributed by atoms with E-state index in [1.165, 1.54) is 19.2 Å². The van der Waals surface area contributed by atoms with Crippen LogP contribution in [0.15, 0.2) is 24.3 Å². The Morgan fingerprint density at radius 2 is 1.96 bits per heavy atom. The molecule has 0 saturated carbocycles. The minimum atomic E-state index is -1.71. The molecule has 25 heavy (non-hydrogen) atoms. The predicted molar refractivity (Wildman–Crippen MR) is 83.8 cm³/mol. The van der Waals surface area contributed by atoms with Gasteiger partial charge in [0.25, 0.3) is 5.91 Å². The Kier molecular flexibility index (Phi) is 5.87. The maximum absolute atomic E-state index is 13.5. The SMILES string of the molecule is COc1cc(Cl)cc(C=O)c1OCC(=O)Nc1ccc(F)c(F)c1F. The van der Waals surface area contributed by atoms with Crippen LogP contribution in [0.3, 0.4) is 0 Å². The van der Waals surface area contributed by atoms with Gasteiger partial charge < -0.3 is 14.8 Å². The van der Waals surface area contributed by atoms with Gasteiger partial charge >= 0.3 is 0 Å². The second-order valence-corrected chi connectivity index (χ2v) is 5.14. The number of methoxy groups -OCH3 is 1. The lowest BCUT2D eigenvalue weighted by Gasteiger charge is -2.13. The number of benzene rings is 2. The molecule has 2 aromatic carbocycles. The third kappa shape index (κ3) is 4.21. The molecule has 2 rings (SSSR count). The summed E-state index contributed by atoms with van der Waals surface area (Å²) in [4.78, 5) is 22.9. The summed E-state index contributed by atoms with van der Waals surface area (Å²) in [6.45, 7) is -0.642. The number of anilines is 1. The highest BCUT2D eigenvalue weighted by atomic mass is 35.5. The van der Waals surface area contributed by atoms with Crippen LogP contribution in [0, 0.1) is 17.5 Å². The van der Waals surface area contributed by atoms with Crippen molar-refractivity contribution in [3.8, 4) is 11.5 Å². The van der Waals surface area contributed by atoms with Crippen LogP contribution in [0.1, 0.15) is 10.4 Å². The summed E-state index contributed by atoms with van der Waals surface area (Å²) in [5.74, 6) is -5.41. The van der Waals surface area contributed by atoms with Gasteiger partial charge in [-0.25, -0.2) is 13.2 Å². The summed E-state index contributed by atoms with van der Waals surface area (Å²) in [7, 11) is 1.31. The highest BCUT2D eigenvalue weighted by Gasteiger charge is 2.17. The van der Waals surface area contributed by atoms with Crippen molar-refractivity contribution in [2.24, 2.45) is 0 Å². The van der Waals surface area contributed by atoms with Crippen molar-refractivity contribution >= 4 is 29.5 Å². The molecular weight excluding hydrogens is 363 g/mol. The van der Waals surface area contributed by atoms with Crippen LogP contribution in [-0.2, 0) is 4.79 Å². The van der Waals surface area contributed by atoms with E-state index >= 15 is 0 Å². The molecule has 5 nitrogen and oxygen atoms in total. The van der Waals surface area contributed by atoms with Crippen LogP contribution in [0.25, 0.3) is 0 Å². The summed E-state index contributed by atoms with van der Waals surface area (Å²) in [6, 6.07) is 4.21. The topological polar surface area (TPSA) is 64.6 Å². The van der Waals surface area contributed by atoms with E-state index < -0.39 is 35.7 Å². The van der Waals surface area contributed by atoms with Crippen LogP contribution < -0.4 is 14.8 Å². The maximum Gasteiger partial charge on any atom is 0.262 e. The van der Waals surface area contributed by atoms with Gasteiger partial charge in [-0.1, -0.05) is 11.6 Å². The highest BCUT2D eigenvalue weighted by Crippen LogP contribution is 2.33. The molecule has 1 amide bonds. The summed E-state index contributed by atoms with van der Waals surface area (Å²) in [5, 5.41) is 2.26. The normalized spacial score (nSPS) is 10.3. The number of carbonyl (C=O) groups excluding carboxylic acids is 2. The van der Waals surface area contributed by atoms with E-state index in [4.69, 9.17) is 21.1 Å². The molecule has 1 N–H and O–H groups in total. The van der Waals surface area contributed by atoms with Crippen molar-refractivity contribution in [1.29, 1.82) is 0 Å². The Balaban J connectivity index is 2.13. The molecule has 0 aliphatic heterocycles. The van der Waals surface area contributed by atoms with Gasteiger partial charge in [0, 0.05) is 11.1 Å². The standard InChI is InChI=1S/C16H11ClF3NO4/c1-24-12-5-9(17)4-8(6-22)16(12)25-7-13(23)21-11-3-2-10(18)14(19)15(11)20/h2-6H,7H2,1H3,(H,21,23). The van der Waals surface area contributed by atoms with Crippen molar-refractivity contribution in [2.75, 3.05) is 19.0 Å². The third-order valence-electron chi connectivity index (χ3n) is 3.05. The molecular formula is C16H11ClF3NO4. The van der Waals surface area contributed by atoms with E-state index in [1.54, 1.807) is 0 Å². The summed E-state index contributed by atoms with van der Waals surface area (Å²) < 4.78 is 49.7. The van der Waals surface area contributed by atoms with Crippen molar-refractivity contribution in [3.63, 3.8) is 0 Å². The van der Waals surface area contributed by atoms with Gasteiger partial charge in [0.2, 0.25) is 0 Å². The molecule has 9 heteroatoms. The second kappa shape index (κ2) is 7.89. The van der Waals surface area contributed by atoms with Gasteiger partial charge in [-0.05, 0) is 18.2 Å². The maximum atomic E-state index is 13.5. The molecule has 0 unspecified atom stereocenters. The summed E-state index contributed by atoms with van der Waals surface area (Å²) in [6.07, 6.45) is 0.455. The van der Waals surface area contributed by atoms with Gasteiger partial charge in [0.05, 0.1) is 18.4 Å². The molecule has 0 fully saturated rings. The van der Waals surface area contributed by atoms with Crippen molar-refractivity contribution in [2.45, 2.75) is 0 Å². The quantitative estimate of drug-likeness (QED) is 0.620. The molecule has 132 valence electrons. The first kappa shape index (κ1) is 18.6. The van der Waals surface area contributed by atoms with Gasteiger partial charge in [-0.15, -0.1) is 0 Å². The number of rotatable bonds is 6. The minimum Gasteiger partial charge on any atom is -0.493 e. The molecule has 0 bridgehead atoms. The molecule has 0 aliphatic rings. The summed E-state index contributed by atoms with van der Waals surface area (Å²) >= 11 is 5.81. The summed E-state index contributed by atoms with van der Waals surface area (Å²) in [5.41, 5.74) is -0.512. The predicted octanol–water partition coefficient (Wildman–Crippen LogP) is 3.60. The van der Waals surface area contributed by atoms with Crippen LogP contribution >= 0.6 is 11.6 Å². The lowest BCUT2D eigenvalue weighted by Crippen LogP contribution is -2.21. The fourth-order valence-electron chi connectivity index (χ4n) is 1.93. The third-order valence-corrected chi connectivity index (χ3v) is 3.27. The van der Waals surface area contributed by atoms with Gasteiger partial charge in [-0.2, -0.15) is 0 Å². The Hall–Kier alpha value is -2.74. The number of halogens is 4. The zero-order valence-electron chi connectivity index (χ0n) is 12.7. The molecule has 2 aromatic rings. The van der Waals surface area contributed by atoms with Crippen LogP contribution in [0.5, 0.6) is 11.5 Å². The number of amides is 1. The largest absolute Gasteiger partial charge is 0.493 e. The molecule has 0 saturated heterocycles. The Morgan fingerprint density at radius 1 is 1.24 bits per heavy atom. The van der Waals surface area contributed by atoms with E-state index in [2.05, 4.69) is 0 Å². The molecule has 0 heterocycles. The Morgan fingerprint density at radius 3 is 2.60 bits per heavy atom. The van der Waals surface area contributed by atoms with Gasteiger partial charge in [0.15, 0.2) is 41.8 Å². The lowest BCUT2D eigenvalue weighted by molar-refractivity contribution is -0.118. The number of aldehydes is 1. The van der Waals surface area contributed by atoms with E-state index in [1.807, 2.05) is 5.32 Å². The molecule has 0 aromatic heterocycles. The zero-order valence-corrected chi connectivity index (χ0v) is 13.5. The molecule has 0 aliphatic carbocycles. The minimum absolute atomic E-state index is 0.0381. The van der Waals surface area contributed by atoms with Crippen LogP contribution in [0.2, 0.25) is 5.02 Å². The number of hydrogen-bond acceptors (Lipinski definition) is 4. The van der Waals surface area contributed by atoms with E-state index in [0.29, 0.717) is 12.4 Å².